The number of nitrogens with one attached hydrogen (secondary N) is 1. The van der Waals surface area contributed by atoms with E-state index in [2.05, 4.69) is 10.4 Å². The number of ether oxygens (including phenoxy) is 1. The van der Waals surface area contributed by atoms with Crippen LogP contribution in [0.4, 0.5) is 10.1 Å². The minimum absolute atomic E-state index is 0.00153. The van der Waals surface area contributed by atoms with Crippen LogP contribution in [0.5, 0.6) is 0 Å². The van der Waals surface area contributed by atoms with Crippen molar-refractivity contribution in [1.29, 1.82) is 0 Å². The molecule has 3 rings (SSSR count). The van der Waals surface area contributed by atoms with Crippen molar-refractivity contribution >= 4 is 17.6 Å². The molecule has 7 nitrogen and oxygen atoms in total. The van der Waals surface area contributed by atoms with Gasteiger partial charge in [-0.15, -0.1) is 0 Å². The van der Waals surface area contributed by atoms with Crippen molar-refractivity contribution in [2.24, 2.45) is 7.05 Å². The fourth-order valence-corrected chi connectivity index (χ4v) is 2.96. The lowest BCUT2D eigenvalue weighted by Crippen LogP contribution is -2.20. The highest BCUT2D eigenvalue weighted by Gasteiger charge is 2.23. The highest BCUT2D eigenvalue weighted by atomic mass is 19.1. The molecule has 1 aromatic carbocycles. The van der Waals surface area contributed by atoms with E-state index >= 15 is 0 Å². The summed E-state index contributed by atoms with van der Waals surface area (Å²) >= 11 is 0. The number of carboxylic acids is 1. The van der Waals surface area contributed by atoms with Crippen molar-refractivity contribution in [3.8, 4) is 0 Å². The number of aromatic carboxylic acids is 1. The maximum absolute atomic E-state index is 14.4. The molecule has 0 bridgehead atoms. The van der Waals surface area contributed by atoms with Gasteiger partial charge >= 0.3 is 5.97 Å². The van der Waals surface area contributed by atoms with E-state index in [-0.39, 0.29) is 22.9 Å². The summed E-state index contributed by atoms with van der Waals surface area (Å²) in [6, 6.07) is 4.68. The highest BCUT2D eigenvalue weighted by molar-refractivity contribution is 6.09. The lowest BCUT2D eigenvalue weighted by Gasteiger charge is -2.22. The van der Waals surface area contributed by atoms with Crippen LogP contribution in [0.1, 0.15) is 45.2 Å². The van der Waals surface area contributed by atoms with E-state index < -0.39 is 17.7 Å². The molecule has 8 heteroatoms. The Bertz CT molecular complexity index is 812. The molecule has 0 aliphatic carbocycles. The van der Waals surface area contributed by atoms with Gasteiger partial charge in [0.15, 0.2) is 0 Å². The highest BCUT2D eigenvalue weighted by Crippen LogP contribution is 2.29. The summed E-state index contributed by atoms with van der Waals surface area (Å²) in [5, 5.41) is 15.3. The number of carbonyl (C=O) groups excluding carboxylic acids is 1. The van der Waals surface area contributed by atoms with Crippen molar-refractivity contribution in [2.75, 3.05) is 18.5 Å². The van der Waals surface area contributed by atoms with Crippen molar-refractivity contribution in [1.82, 2.24) is 9.78 Å². The van der Waals surface area contributed by atoms with Gasteiger partial charge in [-0.05, 0) is 36.5 Å². The average Bonchev–Trinajstić information content (AvgIpc) is 2.99. The fraction of sp³-hybridized carbons (Fsp3) is 0.353. The number of hydrogen-bond donors (Lipinski definition) is 2. The van der Waals surface area contributed by atoms with Gasteiger partial charge in [0.05, 0.1) is 11.9 Å². The molecular weight excluding hydrogens is 329 g/mol. The first-order valence-electron chi connectivity index (χ1n) is 7.91. The maximum Gasteiger partial charge on any atom is 0.339 e. The Labute approximate surface area is 143 Å². The lowest BCUT2D eigenvalue weighted by atomic mass is 9.91. The molecule has 2 N–H and O–H groups in total. The summed E-state index contributed by atoms with van der Waals surface area (Å²) in [6.45, 7) is 1.31. The molecule has 0 unspecified atom stereocenters. The molecule has 2 aromatic rings. The number of carboxylic acid groups (broad SMARTS) is 1. The number of aromatic nitrogens is 2. The van der Waals surface area contributed by atoms with E-state index in [0.29, 0.717) is 13.2 Å². The predicted molar refractivity (Wildman–Crippen MR) is 87.3 cm³/mol. The molecule has 1 aromatic heterocycles. The predicted octanol–water partition coefficient (Wildman–Crippen LogP) is 2.40. The van der Waals surface area contributed by atoms with Gasteiger partial charge in [-0.2, -0.15) is 5.10 Å². The fourth-order valence-electron chi connectivity index (χ4n) is 2.96. The summed E-state index contributed by atoms with van der Waals surface area (Å²) < 4.78 is 20.8. The van der Waals surface area contributed by atoms with E-state index in [1.807, 2.05) is 0 Å². The van der Waals surface area contributed by atoms with Crippen molar-refractivity contribution in [3.63, 3.8) is 0 Å². The zero-order valence-electron chi connectivity index (χ0n) is 13.7. The maximum atomic E-state index is 14.4. The number of carbonyl (C=O) groups is 2. The SMILES string of the molecule is Cn1ncc(C(=O)O)c1C(=O)Nc1ccc(C2CCOCC2)cc1F. The minimum atomic E-state index is -1.27. The van der Waals surface area contributed by atoms with Crippen LogP contribution in [0.2, 0.25) is 0 Å². The smallest absolute Gasteiger partial charge is 0.339 e. The van der Waals surface area contributed by atoms with Gasteiger partial charge in [-0.3, -0.25) is 9.48 Å². The average molecular weight is 347 g/mol. The van der Waals surface area contributed by atoms with Crippen molar-refractivity contribution in [3.05, 3.63) is 47.0 Å². The number of hydrogen-bond acceptors (Lipinski definition) is 4. The summed E-state index contributed by atoms with van der Waals surface area (Å²) in [7, 11) is 1.45. The zero-order valence-corrected chi connectivity index (χ0v) is 13.7. The van der Waals surface area contributed by atoms with Gasteiger partial charge in [0.1, 0.15) is 17.1 Å². The molecule has 1 saturated heterocycles. The second-order valence-electron chi connectivity index (χ2n) is 5.92. The first kappa shape index (κ1) is 17.1. The van der Waals surface area contributed by atoms with Gasteiger partial charge in [-0.25, -0.2) is 9.18 Å². The first-order chi connectivity index (χ1) is 12.0. The third-order valence-electron chi connectivity index (χ3n) is 4.32. The molecule has 0 saturated carbocycles. The molecule has 1 amide bonds. The number of aryl methyl sites for hydroxylation is 1. The van der Waals surface area contributed by atoms with E-state index in [4.69, 9.17) is 9.84 Å². The molecule has 0 atom stereocenters. The van der Waals surface area contributed by atoms with Crippen molar-refractivity contribution in [2.45, 2.75) is 18.8 Å². The third-order valence-corrected chi connectivity index (χ3v) is 4.32. The minimum Gasteiger partial charge on any atom is -0.478 e. The monoisotopic (exact) mass is 347 g/mol. The summed E-state index contributed by atoms with van der Waals surface area (Å²) in [5.41, 5.74) is 0.489. The van der Waals surface area contributed by atoms with Crippen LogP contribution in [0, 0.1) is 5.82 Å². The van der Waals surface area contributed by atoms with E-state index in [0.717, 1.165) is 29.3 Å². The molecule has 132 valence electrons. The zero-order chi connectivity index (χ0) is 18.0. The number of rotatable bonds is 4. The van der Waals surface area contributed by atoms with Gasteiger partial charge < -0.3 is 15.2 Å². The molecule has 0 spiro atoms. The number of nitrogens with zero attached hydrogens (tertiary/aromatic N) is 2. The molecule has 1 fully saturated rings. The normalized spacial score (nSPS) is 15.1. The van der Waals surface area contributed by atoms with Crippen LogP contribution in [0.15, 0.2) is 24.4 Å². The Morgan fingerprint density at radius 1 is 1.36 bits per heavy atom. The lowest BCUT2D eigenvalue weighted by molar-refractivity contribution is 0.0692. The van der Waals surface area contributed by atoms with Gasteiger partial charge in [0.2, 0.25) is 0 Å². The Balaban J connectivity index is 1.80. The number of benzene rings is 1. The summed E-state index contributed by atoms with van der Waals surface area (Å²) in [4.78, 5) is 23.5. The van der Waals surface area contributed by atoms with Gasteiger partial charge in [-0.1, -0.05) is 6.07 Å². The molecule has 2 heterocycles. The van der Waals surface area contributed by atoms with Gasteiger partial charge in [0.25, 0.3) is 5.91 Å². The third kappa shape index (κ3) is 3.53. The van der Waals surface area contributed by atoms with Crippen molar-refractivity contribution < 1.29 is 23.8 Å². The van der Waals surface area contributed by atoms with Gasteiger partial charge in [0, 0.05) is 20.3 Å². The number of anilines is 1. The van der Waals surface area contributed by atoms with E-state index in [1.54, 1.807) is 6.07 Å². The van der Waals surface area contributed by atoms with Crippen LogP contribution in [-0.2, 0) is 11.8 Å². The van der Waals surface area contributed by atoms with Crippen LogP contribution >= 0.6 is 0 Å². The molecular formula is C17H18FN3O4. The van der Waals surface area contributed by atoms with Crippen LogP contribution in [0.3, 0.4) is 0 Å². The number of halogens is 1. The molecule has 1 aliphatic heterocycles. The first-order valence-corrected chi connectivity index (χ1v) is 7.91. The van der Waals surface area contributed by atoms with Crippen LogP contribution in [0.25, 0.3) is 0 Å². The molecule has 1 aliphatic rings. The Morgan fingerprint density at radius 2 is 2.08 bits per heavy atom. The standard InChI is InChI=1S/C17H18FN3O4/c1-21-15(12(9-19-21)17(23)24)16(22)20-14-3-2-11(8-13(14)18)10-4-6-25-7-5-10/h2-3,8-10H,4-7H2,1H3,(H,20,22)(H,23,24). The Hall–Kier alpha value is -2.74. The topological polar surface area (TPSA) is 93.5 Å². The Morgan fingerprint density at radius 3 is 2.72 bits per heavy atom. The molecule has 25 heavy (non-hydrogen) atoms. The summed E-state index contributed by atoms with van der Waals surface area (Å²) in [5.74, 6) is -2.32. The second kappa shape index (κ2) is 7.02. The van der Waals surface area contributed by atoms with Crippen LogP contribution in [-0.4, -0.2) is 40.0 Å². The van der Waals surface area contributed by atoms with Crippen LogP contribution < -0.4 is 5.32 Å². The quantitative estimate of drug-likeness (QED) is 0.886. The van der Waals surface area contributed by atoms with E-state index in [1.165, 1.54) is 19.2 Å². The summed E-state index contributed by atoms with van der Waals surface area (Å²) in [6.07, 6.45) is 2.76. The number of amides is 1. The Kier molecular flexibility index (Phi) is 4.80. The largest absolute Gasteiger partial charge is 0.478 e. The second-order valence-corrected chi connectivity index (χ2v) is 5.92. The molecule has 0 radical (unpaired) electrons. The van der Waals surface area contributed by atoms with E-state index in [9.17, 15) is 14.0 Å².